The topological polar surface area (TPSA) is 26.3 Å². The molecule has 2 nitrogen and oxygen atoms in total. The van der Waals surface area contributed by atoms with E-state index in [2.05, 4.69) is 15.9 Å². The van der Waals surface area contributed by atoms with E-state index in [4.69, 9.17) is 4.74 Å². The van der Waals surface area contributed by atoms with Gasteiger partial charge in [-0.15, -0.1) is 0 Å². The Balaban J connectivity index is 2.16. The Morgan fingerprint density at radius 1 is 1.53 bits per heavy atom. The first kappa shape index (κ1) is 11.6. The van der Waals surface area contributed by atoms with E-state index < -0.39 is 0 Å². The number of ketones is 1. The minimum Gasteiger partial charge on any atom is -0.380 e. The molecule has 0 N–H and O–H groups in total. The van der Waals surface area contributed by atoms with Crippen LogP contribution in [-0.4, -0.2) is 24.3 Å². The molecule has 0 unspecified atom stereocenters. The smallest absolute Gasteiger partial charge is 0.139 e. The Hall–Kier alpha value is 0.110. The second-order valence-corrected chi connectivity index (χ2v) is 5.51. The average molecular weight is 275 g/mol. The lowest BCUT2D eigenvalue weighted by molar-refractivity contribution is -0.152. The molecule has 0 bridgehead atoms. The van der Waals surface area contributed by atoms with Crippen LogP contribution in [0.5, 0.6) is 0 Å². The Bertz CT molecular complexity index is 250. The van der Waals surface area contributed by atoms with Gasteiger partial charge in [-0.3, -0.25) is 4.79 Å². The standard InChI is InChI=1S/C12H19BrO2/c1-15-10(8-13)9-4-2-3-6-12(9)7-5-11(12)14/h9-10H,2-8H2,1H3/t9-,10-,12+/m1/s1. The molecule has 0 heterocycles. The number of carbonyl (C=O) groups excluding carboxylic acids is 1. The van der Waals surface area contributed by atoms with Crippen LogP contribution in [0.3, 0.4) is 0 Å². The van der Waals surface area contributed by atoms with Crippen LogP contribution in [-0.2, 0) is 9.53 Å². The Morgan fingerprint density at radius 2 is 2.33 bits per heavy atom. The summed E-state index contributed by atoms with van der Waals surface area (Å²) in [7, 11) is 1.76. The van der Waals surface area contributed by atoms with E-state index in [9.17, 15) is 4.79 Å². The second kappa shape index (κ2) is 4.54. The molecule has 2 aliphatic rings. The van der Waals surface area contributed by atoms with Crippen molar-refractivity contribution in [1.82, 2.24) is 0 Å². The summed E-state index contributed by atoms with van der Waals surface area (Å²) in [5.74, 6) is 0.951. The lowest BCUT2D eigenvalue weighted by Crippen LogP contribution is -2.53. The third kappa shape index (κ3) is 1.78. The van der Waals surface area contributed by atoms with E-state index in [1.165, 1.54) is 12.8 Å². The first-order valence-corrected chi connectivity index (χ1v) is 6.99. The van der Waals surface area contributed by atoms with E-state index >= 15 is 0 Å². The van der Waals surface area contributed by atoms with Crippen molar-refractivity contribution < 1.29 is 9.53 Å². The van der Waals surface area contributed by atoms with Crippen LogP contribution in [0.15, 0.2) is 0 Å². The van der Waals surface area contributed by atoms with Gasteiger partial charge in [-0.05, 0) is 25.2 Å². The number of hydrogen-bond acceptors (Lipinski definition) is 2. The molecule has 0 aromatic carbocycles. The summed E-state index contributed by atoms with van der Waals surface area (Å²) >= 11 is 3.50. The fraction of sp³-hybridized carbons (Fsp3) is 0.917. The van der Waals surface area contributed by atoms with Gasteiger partial charge in [0.05, 0.1) is 6.10 Å². The fourth-order valence-corrected chi connectivity index (χ4v) is 4.06. The molecule has 2 saturated carbocycles. The summed E-state index contributed by atoms with van der Waals surface area (Å²) in [4.78, 5) is 11.9. The maximum atomic E-state index is 11.9. The minimum atomic E-state index is 0.00664. The van der Waals surface area contributed by atoms with Crippen molar-refractivity contribution >= 4 is 21.7 Å². The van der Waals surface area contributed by atoms with Gasteiger partial charge in [-0.1, -0.05) is 28.8 Å². The van der Waals surface area contributed by atoms with Gasteiger partial charge in [0.1, 0.15) is 5.78 Å². The third-order valence-corrected chi connectivity index (χ3v) is 4.99. The molecule has 15 heavy (non-hydrogen) atoms. The van der Waals surface area contributed by atoms with E-state index in [1.54, 1.807) is 7.11 Å². The van der Waals surface area contributed by atoms with E-state index in [-0.39, 0.29) is 11.5 Å². The molecule has 2 rings (SSSR count). The highest BCUT2D eigenvalue weighted by Crippen LogP contribution is 2.54. The number of hydrogen-bond donors (Lipinski definition) is 0. The minimum absolute atomic E-state index is 0.00664. The number of carbonyl (C=O) groups is 1. The van der Waals surface area contributed by atoms with Gasteiger partial charge < -0.3 is 4.74 Å². The van der Waals surface area contributed by atoms with Crippen LogP contribution < -0.4 is 0 Å². The molecule has 0 radical (unpaired) electrons. The molecular formula is C12H19BrO2. The first-order valence-electron chi connectivity index (χ1n) is 5.86. The van der Waals surface area contributed by atoms with Gasteiger partial charge in [0.15, 0.2) is 0 Å². The van der Waals surface area contributed by atoms with Crippen LogP contribution in [0, 0.1) is 11.3 Å². The molecule has 3 atom stereocenters. The highest BCUT2D eigenvalue weighted by Gasteiger charge is 2.54. The summed E-state index contributed by atoms with van der Waals surface area (Å²) in [5, 5.41) is 0.850. The van der Waals surface area contributed by atoms with E-state index in [0.29, 0.717) is 11.7 Å². The summed E-state index contributed by atoms with van der Waals surface area (Å²) in [6, 6.07) is 0. The van der Waals surface area contributed by atoms with Crippen molar-refractivity contribution in [1.29, 1.82) is 0 Å². The van der Waals surface area contributed by atoms with Gasteiger partial charge in [-0.25, -0.2) is 0 Å². The van der Waals surface area contributed by atoms with Crippen LogP contribution in [0.1, 0.15) is 38.5 Å². The summed E-state index contributed by atoms with van der Waals surface area (Å²) in [6.07, 6.45) is 6.86. The number of alkyl halides is 1. The SMILES string of the molecule is CO[C@H](CBr)[C@H]1CCCC[C@]12CCC2=O. The highest BCUT2D eigenvalue weighted by molar-refractivity contribution is 9.09. The van der Waals surface area contributed by atoms with Crippen molar-refractivity contribution in [3.05, 3.63) is 0 Å². The number of halogens is 1. The fourth-order valence-electron chi connectivity index (χ4n) is 3.35. The molecule has 2 fully saturated rings. The quantitative estimate of drug-likeness (QED) is 0.740. The zero-order chi connectivity index (χ0) is 10.9. The number of Topliss-reactive ketones (excluding diaryl/α,β-unsaturated/α-hetero) is 1. The van der Waals surface area contributed by atoms with Gasteiger partial charge in [0.2, 0.25) is 0 Å². The summed E-state index contributed by atoms with van der Waals surface area (Å²) in [5.41, 5.74) is 0.00664. The molecular weight excluding hydrogens is 256 g/mol. The number of methoxy groups -OCH3 is 1. The molecule has 0 amide bonds. The van der Waals surface area contributed by atoms with Crippen LogP contribution >= 0.6 is 15.9 Å². The molecule has 0 aliphatic heterocycles. The monoisotopic (exact) mass is 274 g/mol. The van der Waals surface area contributed by atoms with Gasteiger partial charge in [0.25, 0.3) is 0 Å². The van der Waals surface area contributed by atoms with Crippen molar-refractivity contribution in [3.63, 3.8) is 0 Å². The van der Waals surface area contributed by atoms with Crippen LogP contribution in [0.25, 0.3) is 0 Å². The van der Waals surface area contributed by atoms with Crippen molar-refractivity contribution in [2.24, 2.45) is 11.3 Å². The zero-order valence-electron chi connectivity index (χ0n) is 9.30. The van der Waals surface area contributed by atoms with Crippen LogP contribution in [0.4, 0.5) is 0 Å². The predicted octanol–water partition coefficient (Wildman–Crippen LogP) is 2.94. The molecule has 0 saturated heterocycles. The largest absolute Gasteiger partial charge is 0.380 e. The van der Waals surface area contributed by atoms with E-state index in [1.807, 2.05) is 0 Å². The highest BCUT2D eigenvalue weighted by atomic mass is 79.9. The van der Waals surface area contributed by atoms with Gasteiger partial charge in [0, 0.05) is 24.3 Å². The molecule has 86 valence electrons. The Labute approximate surface area is 99.9 Å². The van der Waals surface area contributed by atoms with Crippen molar-refractivity contribution in [2.45, 2.75) is 44.6 Å². The zero-order valence-corrected chi connectivity index (χ0v) is 10.9. The van der Waals surface area contributed by atoms with Gasteiger partial charge in [-0.2, -0.15) is 0 Å². The molecule has 1 spiro atoms. The summed E-state index contributed by atoms with van der Waals surface area (Å²) < 4.78 is 5.52. The Morgan fingerprint density at radius 3 is 2.80 bits per heavy atom. The van der Waals surface area contributed by atoms with Gasteiger partial charge >= 0.3 is 0 Å². The average Bonchev–Trinajstić information content (AvgIpc) is 2.29. The normalized spacial score (nSPS) is 37.7. The maximum Gasteiger partial charge on any atom is 0.139 e. The Kier molecular flexibility index (Phi) is 3.51. The predicted molar refractivity (Wildman–Crippen MR) is 63.2 cm³/mol. The van der Waals surface area contributed by atoms with Crippen LogP contribution in [0.2, 0.25) is 0 Å². The molecule has 0 aromatic heterocycles. The lowest BCUT2D eigenvalue weighted by Gasteiger charge is -2.51. The number of ether oxygens (including phenoxy) is 1. The lowest BCUT2D eigenvalue weighted by atomic mass is 9.53. The number of rotatable bonds is 3. The third-order valence-electron chi connectivity index (χ3n) is 4.35. The molecule has 3 heteroatoms. The molecule has 0 aromatic rings. The molecule has 2 aliphatic carbocycles. The van der Waals surface area contributed by atoms with Crippen molar-refractivity contribution in [2.75, 3.05) is 12.4 Å². The first-order chi connectivity index (χ1) is 7.24. The summed E-state index contributed by atoms with van der Waals surface area (Å²) in [6.45, 7) is 0. The van der Waals surface area contributed by atoms with E-state index in [0.717, 1.165) is 31.0 Å². The second-order valence-electron chi connectivity index (χ2n) is 4.86. The maximum absolute atomic E-state index is 11.9. The van der Waals surface area contributed by atoms with Crippen molar-refractivity contribution in [3.8, 4) is 0 Å².